The van der Waals surface area contributed by atoms with Crippen LogP contribution in [0.15, 0.2) is 60.7 Å². The summed E-state index contributed by atoms with van der Waals surface area (Å²) >= 11 is 0. The number of rotatable bonds is 3. The lowest BCUT2D eigenvalue weighted by atomic mass is 9.69. The molecule has 0 fully saturated rings. The Morgan fingerprint density at radius 1 is 0.967 bits per heavy atom. The van der Waals surface area contributed by atoms with Gasteiger partial charge in [0.2, 0.25) is 0 Å². The molecule has 0 amide bonds. The average molecular weight is 394 g/mol. The molecule has 4 rings (SSSR count). The van der Waals surface area contributed by atoms with Crippen LogP contribution >= 0.6 is 0 Å². The van der Waals surface area contributed by atoms with Gasteiger partial charge in [0.1, 0.15) is 6.07 Å². The predicted molar refractivity (Wildman–Crippen MR) is 117 cm³/mol. The largest absolute Gasteiger partial charge is 0.398 e. The fourth-order valence-corrected chi connectivity index (χ4v) is 4.37. The topological polar surface area (TPSA) is 84.0 Å². The molecular formula is C26H22N2O2. The van der Waals surface area contributed by atoms with Crippen LogP contribution in [0.4, 0.5) is 5.69 Å². The van der Waals surface area contributed by atoms with E-state index in [1.54, 1.807) is 24.3 Å². The molecule has 2 N–H and O–H groups in total. The zero-order valence-corrected chi connectivity index (χ0v) is 17.0. The molecule has 1 aliphatic carbocycles. The molecule has 148 valence electrons. The van der Waals surface area contributed by atoms with Crippen molar-refractivity contribution in [2.24, 2.45) is 5.41 Å². The van der Waals surface area contributed by atoms with Gasteiger partial charge in [-0.3, -0.25) is 9.59 Å². The Labute approximate surface area is 176 Å². The van der Waals surface area contributed by atoms with Crippen LogP contribution in [0, 0.1) is 16.7 Å². The number of hydrogen-bond acceptors (Lipinski definition) is 4. The third-order valence-corrected chi connectivity index (χ3v) is 5.65. The van der Waals surface area contributed by atoms with E-state index in [4.69, 9.17) is 5.73 Å². The minimum atomic E-state index is -0.288. The minimum Gasteiger partial charge on any atom is -0.398 e. The lowest BCUT2D eigenvalue weighted by Crippen LogP contribution is -2.30. The molecule has 0 heterocycles. The van der Waals surface area contributed by atoms with Gasteiger partial charge >= 0.3 is 0 Å². The van der Waals surface area contributed by atoms with Crippen LogP contribution in [-0.4, -0.2) is 11.6 Å². The van der Waals surface area contributed by atoms with Crippen LogP contribution in [0.2, 0.25) is 0 Å². The summed E-state index contributed by atoms with van der Waals surface area (Å²) in [5, 5.41) is 10.1. The van der Waals surface area contributed by atoms with E-state index in [2.05, 4.69) is 6.07 Å². The second kappa shape index (κ2) is 7.27. The molecule has 3 aromatic carbocycles. The molecule has 4 heteroatoms. The van der Waals surface area contributed by atoms with E-state index in [0.717, 1.165) is 5.56 Å². The fraction of sp³-hybridized carbons (Fsp3) is 0.192. The van der Waals surface area contributed by atoms with Gasteiger partial charge in [-0.25, -0.2) is 0 Å². The first-order valence-corrected chi connectivity index (χ1v) is 9.91. The number of nitriles is 1. The summed E-state index contributed by atoms with van der Waals surface area (Å²) in [6.07, 6.45) is 0.888. The van der Waals surface area contributed by atoms with Crippen molar-refractivity contribution in [1.82, 2.24) is 0 Å². The number of Topliss-reactive ketones (excluding diaryl/α,β-unsaturated/α-hetero) is 1. The Kier molecular flexibility index (Phi) is 4.75. The summed E-state index contributed by atoms with van der Waals surface area (Å²) in [4.78, 5) is 26.6. The van der Waals surface area contributed by atoms with Crippen LogP contribution in [0.1, 0.15) is 57.7 Å². The van der Waals surface area contributed by atoms with Gasteiger partial charge in [0.05, 0.1) is 16.8 Å². The van der Waals surface area contributed by atoms with E-state index in [9.17, 15) is 14.9 Å². The maximum Gasteiger partial charge on any atom is 0.195 e. The van der Waals surface area contributed by atoms with Crippen molar-refractivity contribution in [3.05, 3.63) is 88.5 Å². The summed E-state index contributed by atoms with van der Waals surface area (Å²) in [7, 11) is 0. The van der Waals surface area contributed by atoms with Crippen LogP contribution < -0.4 is 5.73 Å². The van der Waals surface area contributed by atoms with Crippen molar-refractivity contribution < 1.29 is 9.59 Å². The van der Waals surface area contributed by atoms with E-state index in [1.807, 2.05) is 50.2 Å². The van der Waals surface area contributed by atoms with Gasteiger partial charge in [0.15, 0.2) is 11.6 Å². The molecule has 0 aliphatic heterocycles. The second-order valence-corrected chi connectivity index (χ2v) is 8.51. The molecule has 30 heavy (non-hydrogen) atoms. The van der Waals surface area contributed by atoms with Crippen LogP contribution in [-0.2, 0) is 6.42 Å². The molecule has 1 aliphatic rings. The average Bonchev–Trinajstić information content (AvgIpc) is 2.73. The van der Waals surface area contributed by atoms with Crippen LogP contribution in [0.25, 0.3) is 11.1 Å². The number of anilines is 1. The zero-order valence-electron chi connectivity index (χ0n) is 17.0. The highest BCUT2D eigenvalue weighted by Crippen LogP contribution is 2.45. The molecule has 3 aromatic rings. The van der Waals surface area contributed by atoms with Gasteiger partial charge in [-0.15, -0.1) is 0 Å². The van der Waals surface area contributed by atoms with Crippen molar-refractivity contribution >= 4 is 17.3 Å². The van der Waals surface area contributed by atoms with Crippen molar-refractivity contribution in [1.29, 1.82) is 5.26 Å². The monoisotopic (exact) mass is 394 g/mol. The number of carbonyl (C=O) groups is 2. The van der Waals surface area contributed by atoms with E-state index in [0.29, 0.717) is 40.7 Å². The third kappa shape index (κ3) is 3.19. The summed E-state index contributed by atoms with van der Waals surface area (Å²) in [6.45, 7) is 4.02. The second-order valence-electron chi connectivity index (χ2n) is 8.51. The Morgan fingerprint density at radius 2 is 1.57 bits per heavy atom. The molecule has 4 nitrogen and oxygen atoms in total. The summed E-state index contributed by atoms with van der Waals surface area (Å²) in [5.74, 6) is -0.402. The van der Waals surface area contributed by atoms with Crippen molar-refractivity contribution in [3.63, 3.8) is 0 Å². The number of carbonyl (C=O) groups excluding carboxylic acids is 2. The fourth-order valence-electron chi connectivity index (χ4n) is 4.37. The molecular weight excluding hydrogens is 372 g/mol. The first kappa shape index (κ1) is 19.6. The summed E-state index contributed by atoms with van der Waals surface area (Å²) in [5.41, 5.74) is 9.73. The molecule has 0 unspecified atom stereocenters. The van der Waals surface area contributed by atoms with E-state index >= 15 is 0 Å². The number of ketones is 2. The molecule has 0 aromatic heterocycles. The Bertz CT molecular complexity index is 1200. The molecule has 0 saturated heterocycles. The van der Waals surface area contributed by atoms with Crippen molar-refractivity contribution in [2.75, 3.05) is 5.73 Å². The normalized spacial score (nSPS) is 14.6. The lowest BCUT2D eigenvalue weighted by molar-refractivity contribution is 0.0913. The first-order valence-electron chi connectivity index (χ1n) is 9.91. The highest BCUT2D eigenvalue weighted by Gasteiger charge is 2.38. The number of fused-ring (bicyclic) bond motifs is 1. The molecule has 0 atom stereocenters. The summed E-state index contributed by atoms with van der Waals surface area (Å²) < 4.78 is 0. The maximum absolute atomic E-state index is 13.5. The van der Waals surface area contributed by atoms with E-state index in [1.165, 1.54) is 0 Å². The summed E-state index contributed by atoms with van der Waals surface area (Å²) in [6, 6.07) is 20.4. The minimum absolute atomic E-state index is 0.114. The first-order chi connectivity index (χ1) is 14.3. The third-order valence-electron chi connectivity index (χ3n) is 5.65. The van der Waals surface area contributed by atoms with Gasteiger partial charge in [-0.2, -0.15) is 5.26 Å². The maximum atomic E-state index is 13.5. The highest BCUT2D eigenvalue weighted by molar-refractivity contribution is 6.20. The van der Waals surface area contributed by atoms with E-state index < -0.39 is 0 Å². The number of nitrogens with two attached hydrogens (primary N) is 1. The number of benzene rings is 3. The molecule has 0 bridgehead atoms. The quantitative estimate of drug-likeness (QED) is 0.489. The van der Waals surface area contributed by atoms with Gasteiger partial charge < -0.3 is 5.73 Å². The Morgan fingerprint density at radius 3 is 2.17 bits per heavy atom. The highest BCUT2D eigenvalue weighted by atomic mass is 16.1. The molecule has 0 saturated carbocycles. The van der Waals surface area contributed by atoms with Gasteiger partial charge in [0.25, 0.3) is 0 Å². The smallest absolute Gasteiger partial charge is 0.195 e. The molecule has 0 radical (unpaired) electrons. The van der Waals surface area contributed by atoms with Crippen molar-refractivity contribution in [3.8, 4) is 17.2 Å². The van der Waals surface area contributed by atoms with Crippen LogP contribution in [0.3, 0.4) is 0 Å². The van der Waals surface area contributed by atoms with Gasteiger partial charge in [-0.05, 0) is 23.0 Å². The number of nitrogens with zero attached hydrogens (tertiary/aromatic N) is 1. The SMILES string of the molecule is CC1(C)CC(=O)c2c(N)c(C(=O)c3ccccc3)c(-c3ccccc3)c(C#N)c2C1. The lowest BCUT2D eigenvalue weighted by Gasteiger charge is -2.33. The Hall–Kier alpha value is -3.71. The van der Waals surface area contributed by atoms with E-state index in [-0.39, 0.29) is 28.2 Å². The van der Waals surface area contributed by atoms with Gasteiger partial charge in [-0.1, -0.05) is 74.5 Å². The number of nitrogen functional groups attached to an aromatic ring is 1. The van der Waals surface area contributed by atoms with Crippen LogP contribution in [0.5, 0.6) is 0 Å². The Balaban J connectivity index is 2.12. The number of hydrogen-bond donors (Lipinski definition) is 1. The van der Waals surface area contributed by atoms with Gasteiger partial charge in [0, 0.05) is 23.1 Å². The molecule has 0 spiro atoms. The zero-order chi connectivity index (χ0) is 21.5. The standard InChI is InChI=1S/C26H22N2O2/c1-26(2)13-18-19(15-27)21(16-9-5-3-6-10-16)23(24(28)22(18)20(29)14-26)25(30)17-11-7-4-8-12-17/h3-12H,13-14,28H2,1-2H3. The van der Waals surface area contributed by atoms with Crippen molar-refractivity contribution in [2.45, 2.75) is 26.7 Å². The predicted octanol–water partition coefficient (Wildman–Crippen LogP) is 5.19.